The predicted octanol–water partition coefficient (Wildman–Crippen LogP) is -1.58. The third-order valence-electron chi connectivity index (χ3n) is 2.26. The summed E-state index contributed by atoms with van der Waals surface area (Å²) in [5.74, 6) is 0. The first-order valence-electron chi connectivity index (χ1n) is 4.74. The van der Waals surface area contributed by atoms with Gasteiger partial charge in [0.05, 0.1) is 26.7 Å². The lowest BCUT2D eigenvalue weighted by Crippen LogP contribution is -3.00. The molecule has 0 aliphatic rings. The largest absolute Gasteiger partial charge is 1.00 e. The van der Waals surface area contributed by atoms with Gasteiger partial charge < -0.3 is 22.0 Å². The Morgan fingerprint density at radius 1 is 1.38 bits per heavy atom. The van der Waals surface area contributed by atoms with Crippen molar-refractivity contribution in [1.29, 1.82) is 0 Å². The molecule has 3 heteroatoms. The molecule has 0 saturated heterocycles. The third-order valence-corrected chi connectivity index (χ3v) is 2.26. The Kier molecular flexibility index (Phi) is 10.1. The molecular formula is C10H22ClNO. The van der Waals surface area contributed by atoms with Gasteiger partial charge in [-0.15, -0.1) is 0 Å². The van der Waals surface area contributed by atoms with Crippen LogP contribution in [0.1, 0.15) is 19.8 Å². The van der Waals surface area contributed by atoms with Crippen molar-refractivity contribution in [1.82, 2.24) is 0 Å². The molecular weight excluding hydrogens is 186 g/mol. The number of hydrogen-bond donors (Lipinski definition) is 1. The van der Waals surface area contributed by atoms with Crippen LogP contribution in [0.4, 0.5) is 0 Å². The molecule has 0 radical (unpaired) electrons. The standard InChI is InChI=1S/C10H22NO.ClH/c1-4-6-8-11(3,7-5-2)9-10-12;/h5,12H,2,4,6-10H2,1,3H3;1H/q+1;/p-1. The average molecular weight is 208 g/mol. The number of likely N-dealkylation sites (N-methyl/N-ethyl adjacent to an activating group) is 1. The molecule has 2 nitrogen and oxygen atoms in total. The van der Waals surface area contributed by atoms with Gasteiger partial charge in [-0.05, 0) is 12.5 Å². The van der Waals surface area contributed by atoms with Crippen LogP contribution in [0.15, 0.2) is 12.7 Å². The molecule has 0 aliphatic carbocycles. The van der Waals surface area contributed by atoms with E-state index in [-0.39, 0.29) is 19.0 Å². The fourth-order valence-electron chi connectivity index (χ4n) is 1.39. The second kappa shape index (κ2) is 8.54. The normalized spacial score (nSPS) is 14.4. The van der Waals surface area contributed by atoms with E-state index in [2.05, 4.69) is 20.6 Å². The molecule has 0 spiro atoms. The summed E-state index contributed by atoms with van der Waals surface area (Å²) in [7, 11) is 2.17. The maximum absolute atomic E-state index is 8.88. The fourth-order valence-corrected chi connectivity index (χ4v) is 1.39. The van der Waals surface area contributed by atoms with E-state index >= 15 is 0 Å². The van der Waals surface area contributed by atoms with Gasteiger partial charge in [0.25, 0.3) is 0 Å². The van der Waals surface area contributed by atoms with Crippen molar-refractivity contribution < 1.29 is 22.0 Å². The molecule has 0 fully saturated rings. The van der Waals surface area contributed by atoms with Crippen molar-refractivity contribution >= 4 is 0 Å². The maximum Gasteiger partial charge on any atom is 0.102 e. The molecule has 0 rings (SSSR count). The van der Waals surface area contributed by atoms with E-state index in [1.165, 1.54) is 12.8 Å². The second-order valence-electron chi connectivity index (χ2n) is 3.62. The minimum Gasteiger partial charge on any atom is -1.00 e. The van der Waals surface area contributed by atoms with Gasteiger partial charge >= 0.3 is 0 Å². The van der Waals surface area contributed by atoms with Crippen molar-refractivity contribution in [2.45, 2.75) is 19.8 Å². The monoisotopic (exact) mass is 207 g/mol. The smallest absolute Gasteiger partial charge is 0.102 e. The predicted molar refractivity (Wildman–Crippen MR) is 53.0 cm³/mol. The lowest BCUT2D eigenvalue weighted by molar-refractivity contribution is -0.904. The van der Waals surface area contributed by atoms with Crippen molar-refractivity contribution in [3.05, 3.63) is 12.7 Å². The zero-order valence-corrected chi connectivity index (χ0v) is 9.56. The van der Waals surface area contributed by atoms with E-state index in [9.17, 15) is 0 Å². The zero-order valence-electron chi connectivity index (χ0n) is 8.80. The van der Waals surface area contributed by atoms with E-state index < -0.39 is 0 Å². The molecule has 0 saturated carbocycles. The molecule has 0 heterocycles. The van der Waals surface area contributed by atoms with Gasteiger partial charge in [-0.1, -0.05) is 19.9 Å². The average Bonchev–Trinajstić information content (AvgIpc) is 2.02. The van der Waals surface area contributed by atoms with Crippen LogP contribution in [0.3, 0.4) is 0 Å². The maximum atomic E-state index is 8.88. The summed E-state index contributed by atoms with van der Waals surface area (Å²) in [5.41, 5.74) is 0. The van der Waals surface area contributed by atoms with Gasteiger partial charge in [-0.3, -0.25) is 0 Å². The summed E-state index contributed by atoms with van der Waals surface area (Å²) >= 11 is 0. The number of quaternary nitrogens is 1. The van der Waals surface area contributed by atoms with Gasteiger partial charge in [0, 0.05) is 0 Å². The molecule has 1 unspecified atom stereocenters. The molecule has 0 amide bonds. The van der Waals surface area contributed by atoms with Crippen LogP contribution in [0.25, 0.3) is 0 Å². The van der Waals surface area contributed by atoms with E-state index in [1.54, 1.807) is 0 Å². The molecule has 1 atom stereocenters. The molecule has 0 aliphatic heterocycles. The van der Waals surface area contributed by atoms with Crippen molar-refractivity contribution in [2.24, 2.45) is 0 Å². The van der Waals surface area contributed by atoms with E-state index in [1.807, 2.05) is 6.08 Å². The van der Waals surface area contributed by atoms with E-state index in [4.69, 9.17) is 5.11 Å². The van der Waals surface area contributed by atoms with Gasteiger partial charge in [0.2, 0.25) is 0 Å². The summed E-state index contributed by atoms with van der Waals surface area (Å²) < 4.78 is 0.924. The van der Waals surface area contributed by atoms with E-state index in [0.29, 0.717) is 0 Å². The molecule has 0 aromatic carbocycles. The Morgan fingerprint density at radius 3 is 2.38 bits per heavy atom. The van der Waals surface area contributed by atoms with Gasteiger partial charge in [0.15, 0.2) is 0 Å². The summed E-state index contributed by atoms with van der Waals surface area (Å²) in [6, 6.07) is 0. The van der Waals surface area contributed by atoms with Crippen LogP contribution in [0.2, 0.25) is 0 Å². The van der Waals surface area contributed by atoms with Crippen LogP contribution in [-0.2, 0) is 0 Å². The second-order valence-corrected chi connectivity index (χ2v) is 3.62. The number of nitrogens with zero attached hydrogens (tertiary/aromatic N) is 1. The number of aliphatic hydroxyl groups excluding tert-OH is 1. The molecule has 0 aromatic heterocycles. The lowest BCUT2D eigenvalue weighted by Gasteiger charge is -2.32. The topological polar surface area (TPSA) is 20.2 Å². The summed E-state index contributed by atoms with van der Waals surface area (Å²) in [4.78, 5) is 0. The Hall–Kier alpha value is -0.0500. The Labute approximate surface area is 88.3 Å². The van der Waals surface area contributed by atoms with Crippen molar-refractivity contribution in [2.75, 3.05) is 33.3 Å². The SMILES string of the molecule is C=CC[N+](C)(CCO)CCCC.[Cl-]. The molecule has 1 N–H and O–H groups in total. The van der Waals surface area contributed by atoms with Crippen LogP contribution in [0, 0.1) is 0 Å². The molecule has 13 heavy (non-hydrogen) atoms. The van der Waals surface area contributed by atoms with E-state index in [0.717, 1.165) is 24.1 Å². The van der Waals surface area contributed by atoms with Gasteiger partial charge in [-0.2, -0.15) is 0 Å². The number of rotatable bonds is 7. The Bertz CT molecular complexity index is 130. The minimum atomic E-state index is 0. The van der Waals surface area contributed by atoms with Crippen molar-refractivity contribution in [3.63, 3.8) is 0 Å². The number of halogens is 1. The van der Waals surface area contributed by atoms with Gasteiger partial charge in [-0.25, -0.2) is 0 Å². The first kappa shape index (κ1) is 15.4. The van der Waals surface area contributed by atoms with Gasteiger partial charge in [0.1, 0.15) is 6.54 Å². The highest BCUT2D eigenvalue weighted by molar-refractivity contribution is 4.65. The van der Waals surface area contributed by atoms with Crippen LogP contribution in [-0.4, -0.2) is 42.9 Å². The van der Waals surface area contributed by atoms with Crippen LogP contribution >= 0.6 is 0 Å². The van der Waals surface area contributed by atoms with Crippen LogP contribution in [0.5, 0.6) is 0 Å². The highest BCUT2D eigenvalue weighted by atomic mass is 35.5. The van der Waals surface area contributed by atoms with Crippen molar-refractivity contribution in [3.8, 4) is 0 Å². The molecule has 0 aromatic rings. The highest BCUT2D eigenvalue weighted by Gasteiger charge is 2.17. The quantitative estimate of drug-likeness (QED) is 0.395. The number of unbranched alkanes of at least 4 members (excludes halogenated alkanes) is 1. The Morgan fingerprint density at radius 2 is 2.00 bits per heavy atom. The summed E-state index contributed by atoms with van der Waals surface area (Å²) in [5, 5.41) is 8.88. The first-order valence-corrected chi connectivity index (χ1v) is 4.74. The molecule has 0 bridgehead atoms. The highest BCUT2D eigenvalue weighted by Crippen LogP contribution is 2.04. The minimum absolute atomic E-state index is 0. The first-order chi connectivity index (χ1) is 5.68. The fraction of sp³-hybridized carbons (Fsp3) is 0.800. The number of hydrogen-bond acceptors (Lipinski definition) is 1. The summed E-state index contributed by atoms with van der Waals surface area (Å²) in [6.45, 7) is 9.14. The van der Waals surface area contributed by atoms with Crippen LogP contribution < -0.4 is 12.4 Å². The zero-order chi connectivity index (χ0) is 9.45. The number of aliphatic hydroxyl groups is 1. The third kappa shape index (κ3) is 7.05. The summed E-state index contributed by atoms with van der Waals surface area (Å²) in [6.07, 6.45) is 4.38. The molecule has 80 valence electrons. The lowest BCUT2D eigenvalue weighted by atomic mass is 10.2. The Balaban J connectivity index is 0.